The number of aromatic carboxylic acids is 1. The maximum atomic E-state index is 11.1. The summed E-state index contributed by atoms with van der Waals surface area (Å²) in [6.45, 7) is 0. The summed E-state index contributed by atoms with van der Waals surface area (Å²) in [5, 5.41) is 13.6. The first kappa shape index (κ1) is 11.5. The highest BCUT2D eigenvalue weighted by Crippen LogP contribution is 2.26. The Hall–Kier alpha value is -2.02. The molecule has 2 heterocycles. The predicted octanol–water partition coefficient (Wildman–Crippen LogP) is 1.27. The van der Waals surface area contributed by atoms with E-state index in [9.17, 15) is 4.79 Å². The maximum absolute atomic E-state index is 11.1. The van der Waals surface area contributed by atoms with Crippen molar-refractivity contribution in [3.05, 3.63) is 30.1 Å². The van der Waals surface area contributed by atoms with Gasteiger partial charge in [0.15, 0.2) is 0 Å². The van der Waals surface area contributed by atoms with Gasteiger partial charge in [-0.15, -0.1) is 11.8 Å². The van der Waals surface area contributed by atoms with E-state index >= 15 is 0 Å². The van der Waals surface area contributed by atoms with Gasteiger partial charge in [0.1, 0.15) is 16.4 Å². The van der Waals surface area contributed by atoms with E-state index in [1.54, 1.807) is 30.8 Å². The van der Waals surface area contributed by atoms with E-state index in [-0.39, 0.29) is 11.4 Å². The topological polar surface area (TPSA) is 94.0 Å². The summed E-state index contributed by atoms with van der Waals surface area (Å²) < 4.78 is 1.40. The fourth-order valence-electron chi connectivity index (χ4n) is 1.44. The van der Waals surface area contributed by atoms with Gasteiger partial charge in [-0.25, -0.2) is 9.48 Å². The predicted molar refractivity (Wildman–Crippen MR) is 64.5 cm³/mol. The number of carboxylic acid groups (broad SMARTS) is 1. The molecule has 0 fully saturated rings. The summed E-state index contributed by atoms with van der Waals surface area (Å²) in [6, 6.07) is 3.41. The minimum Gasteiger partial charge on any atom is -0.477 e. The minimum absolute atomic E-state index is 0.0364. The highest BCUT2D eigenvalue weighted by molar-refractivity contribution is 7.98. The van der Waals surface area contributed by atoms with E-state index in [1.165, 1.54) is 16.4 Å². The molecule has 0 aromatic carbocycles. The van der Waals surface area contributed by atoms with E-state index in [1.807, 2.05) is 0 Å². The molecule has 0 spiro atoms. The maximum Gasteiger partial charge on any atom is 0.342 e. The molecule has 0 amide bonds. The fraction of sp³-hybridized carbons (Fsp3) is 0.100. The Morgan fingerprint density at radius 2 is 2.12 bits per heavy atom. The van der Waals surface area contributed by atoms with Crippen molar-refractivity contribution in [3.63, 3.8) is 0 Å². The zero-order valence-corrected chi connectivity index (χ0v) is 9.81. The zero-order chi connectivity index (χ0) is 12.4. The number of hydrogen-bond acceptors (Lipinski definition) is 5. The van der Waals surface area contributed by atoms with Crippen LogP contribution in [-0.4, -0.2) is 32.1 Å². The summed E-state index contributed by atoms with van der Waals surface area (Å²) in [5.41, 5.74) is 6.52. The first-order valence-corrected chi connectivity index (χ1v) is 5.93. The van der Waals surface area contributed by atoms with Gasteiger partial charge in [0, 0.05) is 12.4 Å². The molecular weight excluding hydrogens is 240 g/mol. The number of thioether (sulfide) groups is 1. The van der Waals surface area contributed by atoms with Crippen LogP contribution in [0.15, 0.2) is 29.6 Å². The van der Waals surface area contributed by atoms with Crippen molar-refractivity contribution in [1.29, 1.82) is 0 Å². The van der Waals surface area contributed by atoms with Crippen LogP contribution >= 0.6 is 11.8 Å². The average Bonchev–Trinajstić information content (AvgIpc) is 2.67. The van der Waals surface area contributed by atoms with Crippen molar-refractivity contribution in [1.82, 2.24) is 14.8 Å². The van der Waals surface area contributed by atoms with E-state index in [0.29, 0.717) is 10.7 Å². The van der Waals surface area contributed by atoms with Crippen LogP contribution < -0.4 is 5.73 Å². The van der Waals surface area contributed by atoms with Crippen LogP contribution in [0, 0.1) is 0 Å². The molecule has 0 aliphatic carbocycles. The van der Waals surface area contributed by atoms with Gasteiger partial charge in [0.05, 0.1) is 5.69 Å². The number of hydrogen-bond donors (Lipinski definition) is 2. The highest BCUT2D eigenvalue weighted by atomic mass is 32.2. The largest absolute Gasteiger partial charge is 0.477 e. The lowest BCUT2D eigenvalue weighted by Gasteiger charge is -2.02. The molecule has 7 heteroatoms. The van der Waals surface area contributed by atoms with Crippen LogP contribution in [0.25, 0.3) is 5.69 Å². The van der Waals surface area contributed by atoms with Gasteiger partial charge in [0.2, 0.25) is 0 Å². The van der Waals surface area contributed by atoms with E-state index in [4.69, 9.17) is 10.8 Å². The van der Waals surface area contributed by atoms with E-state index in [2.05, 4.69) is 10.1 Å². The number of carboxylic acids is 1. The molecule has 6 nitrogen and oxygen atoms in total. The lowest BCUT2D eigenvalue weighted by Crippen LogP contribution is -2.05. The Balaban J connectivity index is 2.61. The number of carbonyl (C=O) groups is 1. The summed E-state index contributed by atoms with van der Waals surface area (Å²) in [6.07, 6.45) is 4.94. The third kappa shape index (κ3) is 1.96. The number of pyridine rings is 1. The molecule has 0 radical (unpaired) electrons. The van der Waals surface area contributed by atoms with Gasteiger partial charge >= 0.3 is 5.97 Å². The monoisotopic (exact) mass is 250 g/mol. The Bertz CT molecular complexity index is 553. The van der Waals surface area contributed by atoms with Gasteiger partial charge in [-0.3, -0.25) is 4.98 Å². The van der Waals surface area contributed by atoms with Crippen molar-refractivity contribution in [2.75, 3.05) is 12.0 Å². The number of nitrogens with two attached hydrogens (primary N) is 1. The Labute approximate surface area is 101 Å². The number of nitrogens with zero attached hydrogens (tertiary/aromatic N) is 3. The highest BCUT2D eigenvalue weighted by Gasteiger charge is 2.21. The molecule has 0 unspecified atom stereocenters. The van der Waals surface area contributed by atoms with E-state index < -0.39 is 5.97 Å². The molecule has 0 atom stereocenters. The molecular formula is C10H10N4O2S. The lowest BCUT2D eigenvalue weighted by atomic mass is 10.3. The molecule has 0 bridgehead atoms. The molecule has 2 aromatic rings. The summed E-state index contributed by atoms with van der Waals surface area (Å²) in [7, 11) is 0. The summed E-state index contributed by atoms with van der Waals surface area (Å²) in [5.74, 6) is -0.958. The van der Waals surface area contributed by atoms with Crippen LogP contribution in [0.4, 0.5) is 5.82 Å². The van der Waals surface area contributed by atoms with Crippen molar-refractivity contribution >= 4 is 23.5 Å². The smallest absolute Gasteiger partial charge is 0.342 e. The lowest BCUT2D eigenvalue weighted by molar-refractivity contribution is 0.0694. The number of anilines is 1. The first-order chi connectivity index (χ1) is 8.15. The Morgan fingerprint density at radius 1 is 1.47 bits per heavy atom. The molecule has 88 valence electrons. The van der Waals surface area contributed by atoms with E-state index in [0.717, 1.165) is 0 Å². The molecule has 0 aliphatic rings. The second kappa shape index (κ2) is 4.46. The molecule has 17 heavy (non-hydrogen) atoms. The number of aromatic nitrogens is 3. The van der Waals surface area contributed by atoms with Crippen molar-refractivity contribution < 1.29 is 9.90 Å². The zero-order valence-electron chi connectivity index (χ0n) is 8.99. The molecule has 0 saturated heterocycles. The number of nitrogen functional groups attached to an aromatic ring is 1. The van der Waals surface area contributed by atoms with Crippen LogP contribution in [0.3, 0.4) is 0 Å². The molecule has 3 N–H and O–H groups in total. The Kier molecular flexibility index (Phi) is 3.01. The van der Waals surface area contributed by atoms with Crippen molar-refractivity contribution in [3.8, 4) is 5.69 Å². The van der Waals surface area contributed by atoms with Gasteiger partial charge in [-0.2, -0.15) is 5.10 Å². The van der Waals surface area contributed by atoms with Gasteiger partial charge < -0.3 is 10.8 Å². The fourth-order valence-corrected chi connectivity index (χ4v) is 2.00. The van der Waals surface area contributed by atoms with Gasteiger partial charge in [-0.1, -0.05) is 0 Å². The Morgan fingerprint density at radius 3 is 2.59 bits per heavy atom. The minimum atomic E-state index is -1.08. The average molecular weight is 250 g/mol. The third-order valence-electron chi connectivity index (χ3n) is 2.20. The molecule has 2 aromatic heterocycles. The second-order valence-corrected chi connectivity index (χ2v) is 3.99. The van der Waals surface area contributed by atoms with Crippen LogP contribution in [0.1, 0.15) is 10.4 Å². The quantitative estimate of drug-likeness (QED) is 0.797. The molecule has 0 aliphatic heterocycles. The summed E-state index contributed by atoms with van der Waals surface area (Å²) >= 11 is 1.25. The van der Waals surface area contributed by atoms with Crippen LogP contribution in [-0.2, 0) is 0 Å². The molecule has 2 rings (SSSR count). The SMILES string of the molecule is CSc1nn(-c2ccncc2)c(N)c1C(=O)O. The van der Waals surface area contributed by atoms with Gasteiger partial charge in [-0.05, 0) is 18.4 Å². The van der Waals surface area contributed by atoms with Gasteiger partial charge in [0.25, 0.3) is 0 Å². The van der Waals surface area contributed by atoms with Crippen LogP contribution in [0.2, 0.25) is 0 Å². The molecule has 0 saturated carbocycles. The van der Waals surface area contributed by atoms with Crippen molar-refractivity contribution in [2.45, 2.75) is 5.03 Å². The number of rotatable bonds is 3. The van der Waals surface area contributed by atoms with Crippen molar-refractivity contribution in [2.24, 2.45) is 0 Å². The standard InChI is InChI=1S/C10H10N4O2S/c1-17-9-7(10(15)16)8(11)14(13-9)6-2-4-12-5-3-6/h2-5H,11H2,1H3,(H,15,16). The van der Waals surface area contributed by atoms with Crippen LogP contribution in [0.5, 0.6) is 0 Å². The normalized spacial score (nSPS) is 10.4. The first-order valence-electron chi connectivity index (χ1n) is 4.71. The summed E-state index contributed by atoms with van der Waals surface area (Å²) in [4.78, 5) is 15.0. The third-order valence-corrected chi connectivity index (χ3v) is 2.88. The second-order valence-electron chi connectivity index (χ2n) is 3.19.